The minimum absolute atomic E-state index is 0.00161. The van der Waals surface area contributed by atoms with Gasteiger partial charge in [-0.05, 0) is 19.1 Å². The van der Waals surface area contributed by atoms with Crippen molar-refractivity contribution in [2.75, 3.05) is 19.3 Å². The number of rotatable bonds is 5. The van der Waals surface area contributed by atoms with Crippen LogP contribution in [-0.4, -0.2) is 40.3 Å². The van der Waals surface area contributed by atoms with Crippen molar-refractivity contribution in [1.29, 1.82) is 0 Å². The molecule has 0 unspecified atom stereocenters. The van der Waals surface area contributed by atoms with E-state index in [2.05, 4.69) is 41.4 Å². The third-order valence-corrected chi connectivity index (χ3v) is 3.80. The van der Waals surface area contributed by atoms with Crippen LogP contribution in [0.2, 0.25) is 0 Å². The lowest BCUT2D eigenvalue weighted by Gasteiger charge is -2.15. The van der Waals surface area contributed by atoms with Crippen molar-refractivity contribution in [1.82, 2.24) is 15.1 Å². The Balaban J connectivity index is 1.79. The zero-order valence-corrected chi connectivity index (χ0v) is 11.9. The molecule has 0 aliphatic rings. The van der Waals surface area contributed by atoms with Gasteiger partial charge in [-0.1, -0.05) is 17.7 Å². The van der Waals surface area contributed by atoms with Crippen LogP contribution < -0.4 is 0 Å². The largest absolute Gasteiger partial charge is 0.341 e. The molecule has 0 saturated carbocycles. The first-order chi connectivity index (χ1) is 9.16. The highest BCUT2D eigenvalue weighted by Gasteiger charge is 2.11. The summed E-state index contributed by atoms with van der Waals surface area (Å²) in [5.41, 5.74) is 1.86. The molecule has 100 valence electrons. The van der Waals surface area contributed by atoms with Crippen LogP contribution in [0.1, 0.15) is 15.9 Å². The quantitative estimate of drug-likeness (QED) is 0.853. The number of aryl methyl sites for hydroxylation is 1. The highest BCUT2D eigenvalue weighted by Crippen LogP contribution is 2.18. The first-order valence-electron chi connectivity index (χ1n) is 6.10. The van der Waals surface area contributed by atoms with E-state index in [-0.39, 0.29) is 5.91 Å². The van der Waals surface area contributed by atoms with Crippen LogP contribution in [0.3, 0.4) is 0 Å². The fourth-order valence-electron chi connectivity index (χ4n) is 1.62. The van der Waals surface area contributed by atoms with Crippen LogP contribution in [0.4, 0.5) is 0 Å². The molecule has 2 aromatic rings. The lowest BCUT2D eigenvalue weighted by molar-refractivity contribution is 0.0804. The molecule has 0 aliphatic carbocycles. The van der Waals surface area contributed by atoms with Gasteiger partial charge < -0.3 is 4.90 Å². The number of carbonyl (C=O) groups is 1. The predicted octanol–water partition coefficient (Wildman–Crippen LogP) is 2.58. The number of benzene rings is 1. The first-order valence-corrected chi connectivity index (χ1v) is 7.09. The van der Waals surface area contributed by atoms with Gasteiger partial charge in [-0.25, -0.2) is 0 Å². The number of carbonyl (C=O) groups excluding carboxylic acids is 1. The topological polar surface area (TPSA) is 49.0 Å². The molecule has 0 spiro atoms. The molecular weight excluding hydrogens is 258 g/mol. The Kier molecular flexibility index (Phi) is 4.63. The van der Waals surface area contributed by atoms with Crippen LogP contribution >= 0.6 is 11.8 Å². The van der Waals surface area contributed by atoms with Crippen LogP contribution in [-0.2, 0) is 0 Å². The Hall–Kier alpha value is -1.75. The van der Waals surface area contributed by atoms with Gasteiger partial charge in [0.2, 0.25) is 0 Å². The zero-order chi connectivity index (χ0) is 13.7. The summed E-state index contributed by atoms with van der Waals surface area (Å²) < 4.78 is 0. The summed E-state index contributed by atoms with van der Waals surface area (Å²) in [4.78, 5) is 14.9. The Morgan fingerprint density at radius 1 is 1.37 bits per heavy atom. The third kappa shape index (κ3) is 3.86. The number of nitrogens with zero attached hydrogens (tertiary/aromatic N) is 2. The van der Waals surface area contributed by atoms with Gasteiger partial charge in [0, 0.05) is 30.4 Å². The summed E-state index contributed by atoms with van der Waals surface area (Å²) in [6.45, 7) is 2.79. The van der Waals surface area contributed by atoms with E-state index in [0.717, 1.165) is 5.75 Å². The predicted molar refractivity (Wildman–Crippen MR) is 77.5 cm³/mol. The van der Waals surface area contributed by atoms with Crippen molar-refractivity contribution in [3.63, 3.8) is 0 Å². The second-order valence-corrected chi connectivity index (χ2v) is 5.54. The standard InChI is InChI=1S/C14H17N3OS/c1-11-3-5-13(6-4-11)19-8-7-17(2)14(18)12-9-15-16-10-12/h3-6,9-10H,7-8H2,1-2H3,(H,15,16). The van der Waals surface area contributed by atoms with Crippen LogP contribution in [0.15, 0.2) is 41.6 Å². The molecule has 1 N–H and O–H groups in total. The normalized spacial score (nSPS) is 10.4. The second-order valence-electron chi connectivity index (χ2n) is 4.38. The smallest absolute Gasteiger partial charge is 0.256 e. The highest BCUT2D eigenvalue weighted by molar-refractivity contribution is 7.99. The molecule has 0 aliphatic heterocycles. The van der Waals surface area contributed by atoms with Gasteiger partial charge in [-0.3, -0.25) is 9.89 Å². The van der Waals surface area contributed by atoms with Gasteiger partial charge in [-0.15, -0.1) is 11.8 Å². The van der Waals surface area contributed by atoms with E-state index in [0.29, 0.717) is 12.1 Å². The van der Waals surface area contributed by atoms with Crippen LogP contribution in [0, 0.1) is 6.92 Å². The summed E-state index contributed by atoms with van der Waals surface area (Å²) in [7, 11) is 1.81. The molecule has 0 radical (unpaired) electrons. The van der Waals surface area contributed by atoms with Crippen molar-refractivity contribution < 1.29 is 4.79 Å². The number of thioether (sulfide) groups is 1. The van der Waals surface area contributed by atoms with Gasteiger partial charge in [0.1, 0.15) is 0 Å². The Bertz CT molecular complexity index is 522. The number of H-pyrrole nitrogens is 1. The molecule has 4 nitrogen and oxygen atoms in total. The van der Waals surface area contributed by atoms with E-state index in [1.54, 1.807) is 29.1 Å². The van der Waals surface area contributed by atoms with Gasteiger partial charge in [0.05, 0.1) is 11.8 Å². The molecule has 19 heavy (non-hydrogen) atoms. The number of amides is 1. The molecule has 5 heteroatoms. The summed E-state index contributed by atoms with van der Waals surface area (Å²) >= 11 is 1.75. The fourth-order valence-corrected chi connectivity index (χ4v) is 2.55. The lowest BCUT2D eigenvalue weighted by atomic mass is 10.2. The fraction of sp³-hybridized carbons (Fsp3) is 0.286. The van der Waals surface area contributed by atoms with E-state index in [1.807, 2.05) is 7.05 Å². The molecular formula is C14H17N3OS. The molecule has 2 rings (SSSR count). The highest BCUT2D eigenvalue weighted by atomic mass is 32.2. The molecule has 1 amide bonds. The molecule has 1 heterocycles. The SMILES string of the molecule is Cc1ccc(SCCN(C)C(=O)c2cn[nH]c2)cc1. The Morgan fingerprint density at radius 2 is 2.11 bits per heavy atom. The average Bonchev–Trinajstić information content (AvgIpc) is 2.94. The minimum Gasteiger partial charge on any atom is -0.341 e. The van der Waals surface area contributed by atoms with E-state index < -0.39 is 0 Å². The first kappa shape index (κ1) is 13.7. The van der Waals surface area contributed by atoms with Gasteiger partial charge in [0.25, 0.3) is 5.91 Å². The monoisotopic (exact) mass is 275 g/mol. The number of hydrogen-bond acceptors (Lipinski definition) is 3. The maximum Gasteiger partial charge on any atom is 0.256 e. The number of aromatic amines is 1. The van der Waals surface area contributed by atoms with E-state index in [9.17, 15) is 4.79 Å². The van der Waals surface area contributed by atoms with E-state index >= 15 is 0 Å². The number of nitrogens with one attached hydrogen (secondary N) is 1. The van der Waals surface area contributed by atoms with Gasteiger partial charge in [0.15, 0.2) is 0 Å². The molecule has 0 saturated heterocycles. The van der Waals surface area contributed by atoms with Crippen molar-refractivity contribution in [3.05, 3.63) is 47.8 Å². The lowest BCUT2D eigenvalue weighted by Crippen LogP contribution is -2.28. The Morgan fingerprint density at radius 3 is 2.74 bits per heavy atom. The average molecular weight is 275 g/mol. The molecule has 1 aromatic heterocycles. The van der Waals surface area contributed by atoms with E-state index in [4.69, 9.17) is 0 Å². The van der Waals surface area contributed by atoms with Crippen molar-refractivity contribution in [3.8, 4) is 0 Å². The zero-order valence-electron chi connectivity index (χ0n) is 11.1. The van der Waals surface area contributed by atoms with Crippen LogP contribution in [0.25, 0.3) is 0 Å². The summed E-state index contributed by atoms with van der Waals surface area (Å²) in [5.74, 6) is 0.877. The number of aromatic nitrogens is 2. The number of hydrogen-bond donors (Lipinski definition) is 1. The van der Waals surface area contributed by atoms with Crippen molar-refractivity contribution in [2.45, 2.75) is 11.8 Å². The molecule has 0 atom stereocenters. The third-order valence-electron chi connectivity index (χ3n) is 2.81. The summed E-state index contributed by atoms with van der Waals surface area (Å²) in [6.07, 6.45) is 3.16. The Labute approximate surface area is 117 Å². The maximum absolute atomic E-state index is 11.9. The second kappa shape index (κ2) is 6.43. The van der Waals surface area contributed by atoms with Crippen molar-refractivity contribution >= 4 is 17.7 Å². The molecule has 1 aromatic carbocycles. The van der Waals surface area contributed by atoms with E-state index in [1.165, 1.54) is 10.5 Å². The minimum atomic E-state index is -0.00161. The molecule has 0 bridgehead atoms. The van der Waals surface area contributed by atoms with Crippen molar-refractivity contribution in [2.24, 2.45) is 0 Å². The van der Waals surface area contributed by atoms with Gasteiger partial charge >= 0.3 is 0 Å². The summed E-state index contributed by atoms with van der Waals surface area (Å²) in [5, 5.41) is 6.43. The van der Waals surface area contributed by atoms with Crippen LogP contribution in [0.5, 0.6) is 0 Å². The van der Waals surface area contributed by atoms with Gasteiger partial charge in [-0.2, -0.15) is 5.10 Å². The molecule has 0 fully saturated rings. The maximum atomic E-state index is 11.9. The summed E-state index contributed by atoms with van der Waals surface area (Å²) in [6, 6.07) is 8.42.